The van der Waals surface area contributed by atoms with Gasteiger partial charge in [0.25, 0.3) is 0 Å². The van der Waals surface area contributed by atoms with E-state index < -0.39 is 5.60 Å². The average molecular weight is 270 g/mol. The third-order valence-corrected chi connectivity index (χ3v) is 3.43. The third kappa shape index (κ3) is 6.95. The van der Waals surface area contributed by atoms with Crippen LogP contribution in [0.1, 0.15) is 67.2 Å². The molecule has 1 saturated carbocycles. The lowest BCUT2D eigenvalue weighted by Gasteiger charge is -2.38. The summed E-state index contributed by atoms with van der Waals surface area (Å²) in [5.41, 5.74) is -0.0489. The van der Waals surface area contributed by atoms with Gasteiger partial charge in [0.15, 0.2) is 0 Å². The van der Waals surface area contributed by atoms with Crippen molar-refractivity contribution in [1.82, 2.24) is 0 Å². The van der Waals surface area contributed by atoms with E-state index in [1.807, 2.05) is 20.8 Å². The number of ether oxygens (including phenoxy) is 2. The first-order valence-corrected chi connectivity index (χ1v) is 7.41. The van der Waals surface area contributed by atoms with E-state index in [4.69, 9.17) is 9.47 Å². The molecule has 112 valence electrons. The summed E-state index contributed by atoms with van der Waals surface area (Å²) in [6, 6.07) is 0. The molecule has 0 N–H and O–H groups in total. The number of hydrogen-bond donors (Lipinski definition) is 0. The lowest BCUT2D eigenvalue weighted by Crippen LogP contribution is -2.33. The summed E-state index contributed by atoms with van der Waals surface area (Å²) in [7, 11) is 0. The molecule has 1 aliphatic carbocycles. The van der Waals surface area contributed by atoms with E-state index in [1.165, 1.54) is 6.42 Å². The summed E-state index contributed by atoms with van der Waals surface area (Å²) in [4.78, 5) is 11.6. The molecule has 1 rings (SSSR count). The van der Waals surface area contributed by atoms with Gasteiger partial charge in [-0.3, -0.25) is 4.79 Å². The minimum Gasteiger partial charge on any atom is -0.460 e. The Morgan fingerprint density at radius 1 is 1.26 bits per heavy atom. The molecule has 3 nitrogen and oxygen atoms in total. The SMILES string of the molecule is CC1CC(OCCC(=O)OC(C)(C)C)CC(C)(C)C1. The molecular weight excluding hydrogens is 240 g/mol. The Morgan fingerprint density at radius 2 is 1.89 bits per heavy atom. The topological polar surface area (TPSA) is 35.5 Å². The molecule has 0 radical (unpaired) electrons. The van der Waals surface area contributed by atoms with Gasteiger partial charge in [-0.25, -0.2) is 0 Å². The minimum atomic E-state index is -0.404. The van der Waals surface area contributed by atoms with Crippen LogP contribution in [0.25, 0.3) is 0 Å². The van der Waals surface area contributed by atoms with Gasteiger partial charge in [-0.15, -0.1) is 0 Å². The molecule has 0 aromatic carbocycles. The zero-order chi connectivity index (χ0) is 14.7. The number of rotatable bonds is 4. The monoisotopic (exact) mass is 270 g/mol. The predicted octanol–water partition coefficient (Wildman–Crippen LogP) is 3.95. The van der Waals surface area contributed by atoms with Gasteiger partial charge in [0, 0.05) is 0 Å². The van der Waals surface area contributed by atoms with Crippen molar-refractivity contribution < 1.29 is 14.3 Å². The maximum absolute atomic E-state index is 11.6. The first-order valence-electron chi connectivity index (χ1n) is 7.41. The zero-order valence-electron chi connectivity index (χ0n) is 13.4. The van der Waals surface area contributed by atoms with E-state index in [0.717, 1.165) is 12.8 Å². The van der Waals surface area contributed by atoms with Crippen LogP contribution in [0.3, 0.4) is 0 Å². The van der Waals surface area contributed by atoms with Crippen molar-refractivity contribution in [3.63, 3.8) is 0 Å². The summed E-state index contributed by atoms with van der Waals surface area (Å²) in [5, 5.41) is 0. The Hall–Kier alpha value is -0.570. The van der Waals surface area contributed by atoms with Gasteiger partial charge in [0.05, 0.1) is 19.1 Å². The van der Waals surface area contributed by atoms with Crippen molar-refractivity contribution in [1.29, 1.82) is 0 Å². The molecule has 0 amide bonds. The van der Waals surface area contributed by atoms with Crippen molar-refractivity contribution in [2.24, 2.45) is 11.3 Å². The molecule has 0 bridgehead atoms. The van der Waals surface area contributed by atoms with Crippen LogP contribution < -0.4 is 0 Å². The Kier molecular flexibility index (Phi) is 5.43. The van der Waals surface area contributed by atoms with Crippen molar-refractivity contribution in [2.45, 2.75) is 78.9 Å². The highest BCUT2D eigenvalue weighted by Crippen LogP contribution is 2.39. The first kappa shape index (κ1) is 16.5. The molecule has 3 heteroatoms. The highest BCUT2D eigenvalue weighted by molar-refractivity contribution is 5.69. The van der Waals surface area contributed by atoms with Gasteiger partial charge in [0.2, 0.25) is 0 Å². The molecule has 0 aromatic rings. The van der Waals surface area contributed by atoms with E-state index in [0.29, 0.717) is 30.5 Å². The van der Waals surface area contributed by atoms with E-state index in [-0.39, 0.29) is 5.97 Å². The van der Waals surface area contributed by atoms with Crippen LogP contribution in [0, 0.1) is 11.3 Å². The average Bonchev–Trinajstić information content (AvgIpc) is 2.10. The molecule has 0 aliphatic heterocycles. The summed E-state index contributed by atoms with van der Waals surface area (Å²) < 4.78 is 11.1. The fraction of sp³-hybridized carbons (Fsp3) is 0.938. The van der Waals surface area contributed by atoms with Gasteiger partial charge in [0.1, 0.15) is 5.60 Å². The second-order valence-electron chi connectivity index (χ2n) is 7.74. The van der Waals surface area contributed by atoms with Crippen LogP contribution in [0.2, 0.25) is 0 Å². The number of hydrogen-bond acceptors (Lipinski definition) is 3. The smallest absolute Gasteiger partial charge is 0.308 e. The molecule has 19 heavy (non-hydrogen) atoms. The van der Waals surface area contributed by atoms with Crippen LogP contribution in [0.5, 0.6) is 0 Å². The van der Waals surface area contributed by atoms with Gasteiger partial charge in [-0.05, 0) is 51.4 Å². The fourth-order valence-corrected chi connectivity index (χ4v) is 3.09. The first-order chi connectivity index (χ1) is 8.57. The molecule has 0 aromatic heterocycles. The van der Waals surface area contributed by atoms with Crippen LogP contribution >= 0.6 is 0 Å². The van der Waals surface area contributed by atoms with Gasteiger partial charge >= 0.3 is 5.97 Å². The van der Waals surface area contributed by atoms with Crippen molar-refractivity contribution in [3.8, 4) is 0 Å². The zero-order valence-corrected chi connectivity index (χ0v) is 13.4. The minimum absolute atomic E-state index is 0.171. The Balaban J connectivity index is 2.27. The normalized spacial score (nSPS) is 27.1. The lowest BCUT2D eigenvalue weighted by molar-refractivity contribution is -0.156. The van der Waals surface area contributed by atoms with E-state index >= 15 is 0 Å². The summed E-state index contributed by atoms with van der Waals surface area (Å²) in [5.74, 6) is 0.533. The molecule has 0 saturated heterocycles. The Bertz CT molecular complexity index is 302. The predicted molar refractivity (Wildman–Crippen MR) is 77.0 cm³/mol. The van der Waals surface area contributed by atoms with Crippen LogP contribution in [0.15, 0.2) is 0 Å². The molecule has 0 heterocycles. The van der Waals surface area contributed by atoms with Crippen LogP contribution in [0.4, 0.5) is 0 Å². The highest BCUT2D eigenvalue weighted by atomic mass is 16.6. The maximum Gasteiger partial charge on any atom is 0.308 e. The van der Waals surface area contributed by atoms with Gasteiger partial charge in [-0.2, -0.15) is 0 Å². The molecule has 1 fully saturated rings. The lowest BCUT2D eigenvalue weighted by atomic mass is 9.71. The maximum atomic E-state index is 11.6. The highest BCUT2D eigenvalue weighted by Gasteiger charge is 2.32. The molecular formula is C16H30O3. The molecule has 2 unspecified atom stereocenters. The fourth-order valence-electron chi connectivity index (χ4n) is 3.09. The Labute approximate surface area is 118 Å². The molecule has 2 atom stereocenters. The van der Waals surface area contributed by atoms with E-state index in [9.17, 15) is 4.79 Å². The quantitative estimate of drug-likeness (QED) is 0.726. The Morgan fingerprint density at radius 3 is 2.42 bits per heavy atom. The largest absolute Gasteiger partial charge is 0.460 e. The standard InChI is InChI=1S/C16H30O3/c1-12-9-13(11-16(5,6)10-12)18-8-7-14(17)19-15(2,3)4/h12-13H,7-11H2,1-6H3. The van der Waals surface area contributed by atoms with Crippen LogP contribution in [-0.2, 0) is 14.3 Å². The second-order valence-corrected chi connectivity index (χ2v) is 7.74. The molecule has 0 spiro atoms. The van der Waals surface area contributed by atoms with Gasteiger partial charge in [-0.1, -0.05) is 20.8 Å². The summed E-state index contributed by atoms with van der Waals surface area (Å²) in [6.45, 7) is 13.0. The van der Waals surface area contributed by atoms with Crippen molar-refractivity contribution in [2.75, 3.05) is 6.61 Å². The summed E-state index contributed by atoms with van der Waals surface area (Å²) in [6.07, 6.45) is 4.10. The number of carbonyl (C=O) groups excluding carboxylic acids is 1. The second kappa shape index (κ2) is 6.25. The number of esters is 1. The number of carbonyl (C=O) groups is 1. The molecule has 1 aliphatic rings. The third-order valence-electron chi connectivity index (χ3n) is 3.43. The summed E-state index contributed by atoms with van der Waals surface area (Å²) >= 11 is 0. The van der Waals surface area contributed by atoms with Crippen LogP contribution in [-0.4, -0.2) is 24.3 Å². The van der Waals surface area contributed by atoms with Crippen molar-refractivity contribution in [3.05, 3.63) is 0 Å². The van der Waals surface area contributed by atoms with E-state index in [2.05, 4.69) is 20.8 Å². The van der Waals surface area contributed by atoms with Gasteiger partial charge < -0.3 is 9.47 Å². The van der Waals surface area contributed by atoms with E-state index in [1.54, 1.807) is 0 Å². The van der Waals surface area contributed by atoms with Crippen molar-refractivity contribution >= 4 is 5.97 Å².